The molecule has 1 aliphatic heterocycles. The van der Waals surface area contributed by atoms with E-state index < -0.39 is 0 Å². The van der Waals surface area contributed by atoms with Gasteiger partial charge in [-0.3, -0.25) is 24.8 Å². The van der Waals surface area contributed by atoms with Gasteiger partial charge in [0.1, 0.15) is 12.4 Å². The third-order valence-corrected chi connectivity index (χ3v) is 5.65. The molecule has 9 heteroatoms. The minimum absolute atomic E-state index is 0. The first-order chi connectivity index (χ1) is 13.4. The lowest BCUT2D eigenvalue weighted by Crippen LogP contribution is -2.43. The molecule has 158 valence electrons. The molecule has 1 aromatic carbocycles. The number of anilines is 1. The van der Waals surface area contributed by atoms with Crippen LogP contribution in [0.2, 0.25) is 0 Å². The summed E-state index contributed by atoms with van der Waals surface area (Å²) in [6.45, 7) is 0.0283. The van der Waals surface area contributed by atoms with E-state index in [1.54, 1.807) is 24.3 Å². The van der Waals surface area contributed by atoms with Gasteiger partial charge in [0.2, 0.25) is 0 Å². The smallest absolute Gasteiger partial charge is 0.331 e. The molecule has 3 rings (SSSR count). The Hall–Kier alpha value is -2.61. The number of ether oxygens (including phenoxy) is 1. The minimum Gasteiger partial charge on any atom is -0.469 e. The number of hydrogen-bond acceptors (Lipinski definition) is 5. The van der Waals surface area contributed by atoms with Crippen molar-refractivity contribution in [2.75, 3.05) is 18.6 Å². The van der Waals surface area contributed by atoms with E-state index in [-0.39, 0.29) is 48.7 Å². The Labute approximate surface area is 176 Å². The van der Waals surface area contributed by atoms with Gasteiger partial charge in [-0.2, -0.15) is 0 Å². The van der Waals surface area contributed by atoms with Crippen molar-refractivity contribution in [2.24, 2.45) is 11.7 Å². The third kappa shape index (κ3) is 5.06. The molecular formula is C20H27ClN4O4. The van der Waals surface area contributed by atoms with Crippen LogP contribution >= 0.6 is 12.4 Å². The molecule has 0 atom stereocenters. The summed E-state index contributed by atoms with van der Waals surface area (Å²) in [5.74, 6) is 0.0106. The van der Waals surface area contributed by atoms with E-state index in [1.165, 1.54) is 16.9 Å². The number of nitrogens with two attached hydrogens (primary N) is 1. The second-order valence-electron chi connectivity index (χ2n) is 7.38. The van der Waals surface area contributed by atoms with Crippen molar-refractivity contribution in [1.29, 1.82) is 5.41 Å². The molecule has 3 amide bonds. The van der Waals surface area contributed by atoms with Crippen molar-refractivity contribution < 1.29 is 19.1 Å². The van der Waals surface area contributed by atoms with E-state index in [2.05, 4.69) is 4.74 Å². The van der Waals surface area contributed by atoms with Gasteiger partial charge in [-0.25, -0.2) is 4.79 Å². The Kier molecular flexibility index (Phi) is 7.61. The molecule has 1 heterocycles. The highest BCUT2D eigenvalue weighted by Gasteiger charge is 2.42. The van der Waals surface area contributed by atoms with Gasteiger partial charge in [0.25, 0.3) is 5.91 Å². The second-order valence-corrected chi connectivity index (χ2v) is 7.38. The topological polar surface area (TPSA) is 117 Å². The first-order valence-electron chi connectivity index (χ1n) is 9.55. The monoisotopic (exact) mass is 422 g/mol. The fourth-order valence-corrected chi connectivity index (χ4v) is 4.01. The zero-order chi connectivity index (χ0) is 20.3. The van der Waals surface area contributed by atoms with Crippen LogP contribution in [0.3, 0.4) is 0 Å². The number of halogens is 1. The molecule has 29 heavy (non-hydrogen) atoms. The van der Waals surface area contributed by atoms with Crippen molar-refractivity contribution in [1.82, 2.24) is 4.90 Å². The van der Waals surface area contributed by atoms with E-state index in [4.69, 9.17) is 11.1 Å². The van der Waals surface area contributed by atoms with Crippen LogP contribution in [0.25, 0.3) is 0 Å². The fraction of sp³-hybridized carbons (Fsp3) is 0.500. The molecule has 3 N–H and O–H groups in total. The van der Waals surface area contributed by atoms with Gasteiger partial charge in [-0.1, -0.05) is 0 Å². The highest BCUT2D eigenvalue weighted by molar-refractivity contribution is 6.12. The van der Waals surface area contributed by atoms with Crippen molar-refractivity contribution >= 4 is 41.8 Å². The molecule has 8 nitrogen and oxygen atoms in total. The van der Waals surface area contributed by atoms with Crippen molar-refractivity contribution in [3.63, 3.8) is 0 Å². The predicted molar refractivity (Wildman–Crippen MR) is 111 cm³/mol. The summed E-state index contributed by atoms with van der Waals surface area (Å²) in [7, 11) is 1.39. The van der Waals surface area contributed by atoms with Crippen molar-refractivity contribution in [3.05, 3.63) is 29.8 Å². The Bertz CT molecular complexity index is 775. The maximum absolute atomic E-state index is 12.9. The Morgan fingerprint density at radius 3 is 2.34 bits per heavy atom. The first-order valence-corrected chi connectivity index (χ1v) is 9.55. The Morgan fingerprint density at radius 2 is 1.79 bits per heavy atom. The number of rotatable bonds is 6. The van der Waals surface area contributed by atoms with Gasteiger partial charge in [0.05, 0.1) is 7.11 Å². The van der Waals surface area contributed by atoms with Gasteiger partial charge in [0.15, 0.2) is 0 Å². The second kappa shape index (κ2) is 9.73. The van der Waals surface area contributed by atoms with Crippen LogP contribution in [0.4, 0.5) is 10.5 Å². The average molecular weight is 423 g/mol. The fourth-order valence-electron chi connectivity index (χ4n) is 4.01. The number of esters is 1. The van der Waals surface area contributed by atoms with Crippen molar-refractivity contribution in [2.45, 2.75) is 44.6 Å². The number of imide groups is 1. The lowest BCUT2D eigenvalue weighted by Gasteiger charge is -2.33. The molecule has 1 saturated carbocycles. The zero-order valence-electron chi connectivity index (χ0n) is 16.4. The minimum atomic E-state index is -0.293. The Morgan fingerprint density at radius 1 is 1.17 bits per heavy atom. The van der Waals surface area contributed by atoms with Crippen LogP contribution in [0.5, 0.6) is 0 Å². The maximum atomic E-state index is 12.9. The molecular weight excluding hydrogens is 396 g/mol. The quantitative estimate of drug-likeness (QED) is 0.316. The molecule has 0 aromatic heterocycles. The number of nitrogen functional groups attached to an aromatic ring is 1. The number of carbonyl (C=O) groups is 3. The van der Waals surface area contributed by atoms with Gasteiger partial charge in [-0.15, -0.1) is 12.4 Å². The number of amides is 3. The molecule has 0 unspecified atom stereocenters. The van der Waals surface area contributed by atoms with Crippen LogP contribution in [-0.2, 0) is 14.3 Å². The van der Waals surface area contributed by atoms with Crippen LogP contribution < -0.4 is 10.6 Å². The largest absolute Gasteiger partial charge is 0.469 e. The van der Waals surface area contributed by atoms with Crippen LogP contribution in [0, 0.1) is 11.3 Å². The van der Waals surface area contributed by atoms with Gasteiger partial charge < -0.3 is 10.5 Å². The average Bonchev–Trinajstić information content (AvgIpc) is 3.00. The highest BCUT2D eigenvalue weighted by atomic mass is 35.5. The molecule has 1 saturated heterocycles. The van der Waals surface area contributed by atoms with Gasteiger partial charge in [-0.05, 0) is 62.3 Å². The maximum Gasteiger partial charge on any atom is 0.331 e. The predicted octanol–water partition coefficient (Wildman–Crippen LogP) is 2.67. The molecule has 2 aliphatic rings. The number of methoxy groups -OCH3 is 1. The summed E-state index contributed by atoms with van der Waals surface area (Å²) in [5, 5.41) is 7.44. The van der Waals surface area contributed by atoms with E-state index in [0.717, 1.165) is 32.1 Å². The summed E-state index contributed by atoms with van der Waals surface area (Å²) in [6.07, 6.45) is 4.52. The standard InChI is InChI=1S/C20H26N4O4.ClH/c1-28-18(26)11-4-13-2-7-16(8-3-13)24-17(25)12-23(20(24)27)15-9-5-14(6-10-15)19(21)22;/h5-6,9-10,13,16H,2-4,7-8,11-12H2,1H3,(H3,21,22);1H/t13-,16-;. The summed E-state index contributed by atoms with van der Waals surface area (Å²) in [6, 6.07) is 6.37. The van der Waals surface area contributed by atoms with E-state index in [1.807, 2.05) is 0 Å². The summed E-state index contributed by atoms with van der Waals surface area (Å²) in [4.78, 5) is 39.6. The van der Waals surface area contributed by atoms with Crippen LogP contribution in [0.15, 0.2) is 24.3 Å². The first kappa shape index (κ1) is 22.7. The summed E-state index contributed by atoms with van der Waals surface area (Å²) in [5.41, 5.74) is 6.65. The SMILES string of the molecule is COC(=O)CC[C@H]1CC[C@H](N2C(=O)CN(c3ccc(C(=N)N)cc3)C2=O)CC1.Cl. The molecule has 0 radical (unpaired) electrons. The van der Waals surface area contributed by atoms with E-state index >= 15 is 0 Å². The lowest BCUT2D eigenvalue weighted by molar-refractivity contribution is -0.141. The molecule has 0 spiro atoms. The summed E-state index contributed by atoms with van der Waals surface area (Å²) < 4.78 is 4.69. The number of carbonyl (C=O) groups excluding carboxylic acids is 3. The van der Waals surface area contributed by atoms with Crippen LogP contribution in [0.1, 0.15) is 44.1 Å². The molecule has 0 bridgehead atoms. The van der Waals surface area contributed by atoms with Crippen molar-refractivity contribution in [3.8, 4) is 0 Å². The zero-order valence-corrected chi connectivity index (χ0v) is 17.2. The number of urea groups is 1. The Balaban J connectivity index is 0.00000300. The van der Waals surface area contributed by atoms with Gasteiger partial charge >= 0.3 is 12.0 Å². The number of nitrogens with one attached hydrogen (secondary N) is 1. The molecule has 2 fully saturated rings. The third-order valence-electron chi connectivity index (χ3n) is 5.65. The number of amidine groups is 1. The van der Waals surface area contributed by atoms with E-state index in [9.17, 15) is 14.4 Å². The number of nitrogens with zero attached hydrogens (tertiary/aromatic N) is 2. The van der Waals surface area contributed by atoms with Crippen LogP contribution in [-0.4, -0.2) is 48.3 Å². The molecule has 1 aromatic rings. The van der Waals surface area contributed by atoms with E-state index in [0.29, 0.717) is 23.6 Å². The van der Waals surface area contributed by atoms with Gasteiger partial charge in [0, 0.05) is 23.7 Å². The number of hydrogen-bond donors (Lipinski definition) is 2. The molecule has 1 aliphatic carbocycles. The summed E-state index contributed by atoms with van der Waals surface area (Å²) >= 11 is 0. The number of benzene rings is 1. The highest BCUT2D eigenvalue weighted by Crippen LogP contribution is 2.33. The normalized spacial score (nSPS) is 21.7. The lowest BCUT2D eigenvalue weighted by atomic mass is 9.83.